The first-order valence-electron chi connectivity index (χ1n) is 10.3. The van der Waals surface area contributed by atoms with E-state index in [4.69, 9.17) is 9.47 Å². The van der Waals surface area contributed by atoms with Crippen LogP contribution in [-0.2, 0) is 19.1 Å². The third-order valence-electron chi connectivity index (χ3n) is 4.80. The molecule has 2 aromatic rings. The maximum atomic E-state index is 14.6. The van der Waals surface area contributed by atoms with Gasteiger partial charge in [-0.05, 0) is 51.8 Å². The minimum Gasteiger partial charge on any atom is -0.461 e. The molecule has 2 aromatic carbocycles. The lowest BCUT2D eigenvalue weighted by Gasteiger charge is -2.27. The van der Waals surface area contributed by atoms with E-state index < -0.39 is 47.1 Å². The van der Waals surface area contributed by atoms with Crippen LogP contribution >= 0.6 is 0 Å². The van der Waals surface area contributed by atoms with Crippen molar-refractivity contribution in [2.45, 2.75) is 65.6 Å². The first-order valence-corrected chi connectivity index (χ1v) is 10.3. The largest absolute Gasteiger partial charge is 0.461 e. The van der Waals surface area contributed by atoms with Crippen LogP contribution in [0.15, 0.2) is 42.5 Å². The van der Waals surface area contributed by atoms with E-state index in [0.717, 1.165) is 17.2 Å². The van der Waals surface area contributed by atoms with Crippen molar-refractivity contribution in [3.05, 3.63) is 70.8 Å². The lowest BCUT2D eigenvalue weighted by atomic mass is 9.86. The second kappa shape index (κ2) is 10.0. The standard InChI is InChI=1S/C25H30F2O4/c1-15-7-9-18(10-8-15)23(20-12-11-19(26)14-21(20)27)17(3)30-24(29)16(2)13-22(28)31-25(4,5)6/h7-12,14,16-17,23H,13H2,1-6H3/t16-,17+,23+/m1/s1. The molecule has 0 N–H and O–H groups in total. The van der Waals surface area contributed by atoms with Gasteiger partial charge in [0.25, 0.3) is 0 Å². The highest BCUT2D eigenvalue weighted by molar-refractivity contribution is 5.80. The van der Waals surface area contributed by atoms with Gasteiger partial charge >= 0.3 is 11.9 Å². The Kier molecular flexibility index (Phi) is 7.93. The quantitative estimate of drug-likeness (QED) is 0.526. The average Bonchev–Trinajstić information content (AvgIpc) is 2.63. The van der Waals surface area contributed by atoms with E-state index in [2.05, 4.69) is 0 Å². The fourth-order valence-electron chi connectivity index (χ4n) is 3.31. The Hall–Kier alpha value is -2.76. The number of hydrogen-bond acceptors (Lipinski definition) is 4. The van der Waals surface area contributed by atoms with Crippen molar-refractivity contribution in [2.24, 2.45) is 5.92 Å². The fraction of sp³-hybridized carbons (Fsp3) is 0.440. The third-order valence-corrected chi connectivity index (χ3v) is 4.80. The van der Waals surface area contributed by atoms with E-state index in [1.54, 1.807) is 34.6 Å². The van der Waals surface area contributed by atoms with Crippen LogP contribution in [0.4, 0.5) is 8.78 Å². The molecule has 0 heterocycles. The average molecular weight is 433 g/mol. The summed E-state index contributed by atoms with van der Waals surface area (Å²) in [5.41, 5.74) is 1.34. The Morgan fingerprint density at radius 3 is 2.16 bits per heavy atom. The Labute approximate surface area is 182 Å². The number of aryl methyl sites for hydroxylation is 1. The zero-order chi connectivity index (χ0) is 23.3. The van der Waals surface area contributed by atoms with Gasteiger partial charge < -0.3 is 9.47 Å². The van der Waals surface area contributed by atoms with E-state index in [1.807, 2.05) is 31.2 Å². The van der Waals surface area contributed by atoms with E-state index in [0.29, 0.717) is 0 Å². The SMILES string of the molecule is Cc1ccc([C@@H](c2ccc(F)cc2F)[C@H](C)OC(=O)[C@H](C)CC(=O)OC(C)(C)C)cc1. The Balaban J connectivity index is 2.23. The van der Waals surface area contributed by atoms with Crippen LogP contribution in [0, 0.1) is 24.5 Å². The molecule has 0 aliphatic heterocycles. The minimum atomic E-state index is -0.753. The molecule has 0 aromatic heterocycles. The van der Waals surface area contributed by atoms with Crippen molar-refractivity contribution < 1.29 is 27.8 Å². The van der Waals surface area contributed by atoms with Crippen molar-refractivity contribution in [1.29, 1.82) is 0 Å². The fourth-order valence-corrected chi connectivity index (χ4v) is 3.31. The van der Waals surface area contributed by atoms with E-state index in [9.17, 15) is 18.4 Å². The van der Waals surface area contributed by atoms with Gasteiger partial charge in [0.2, 0.25) is 0 Å². The molecule has 0 bridgehead atoms. The van der Waals surface area contributed by atoms with Crippen LogP contribution in [0.1, 0.15) is 63.6 Å². The van der Waals surface area contributed by atoms with E-state index in [1.165, 1.54) is 12.1 Å². The first kappa shape index (κ1) is 24.5. The smallest absolute Gasteiger partial charge is 0.309 e. The number of rotatable bonds is 7. The van der Waals surface area contributed by atoms with Gasteiger partial charge in [-0.1, -0.05) is 42.8 Å². The molecule has 3 atom stereocenters. The number of halogens is 2. The van der Waals surface area contributed by atoms with Gasteiger partial charge in [0, 0.05) is 12.0 Å². The summed E-state index contributed by atoms with van der Waals surface area (Å²) in [4.78, 5) is 24.7. The zero-order valence-electron chi connectivity index (χ0n) is 18.9. The van der Waals surface area contributed by atoms with Gasteiger partial charge in [-0.2, -0.15) is 0 Å². The predicted molar refractivity (Wildman–Crippen MR) is 115 cm³/mol. The first-order chi connectivity index (χ1) is 14.4. The summed E-state index contributed by atoms with van der Waals surface area (Å²) in [6.45, 7) is 10.4. The topological polar surface area (TPSA) is 52.6 Å². The maximum Gasteiger partial charge on any atom is 0.309 e. The van der Waals surface area contributed by atoms with Crippen LogP contribution in [0.3, 0.4) is 0 Å². The number of esters is 2. The normalized spacial score (nSPS) is 14.5. The third kappa shape index (κ3) is 7.16. The number of ether oxygens (including phenoxy) is 2. The Morgan fingerprint density at radius 1 is 1.00 bits per heavy atom. The summed E-state index contributed by atoms with van der Waals surface area (Å²) in [6, 6.07) is 10.8. The molecule has 6 heteroatoms. The number of hydrogen-bond donors (Lipinski definition) is 0. The molecule has 168 valence electrons. The summed E-state index contributed by atoms with van der Waals surface area (Å²) < 4.78 is 38.9. The molecular formula is C25H30F2O4. The summed E-state index contributed by atoms with van der Waals surface area (Å²) in [7, 11) is 0. The highest BCUT2D eigenvalue weighted by Crippen LogP contribution is 2.32. The molecule has 31 heavy (non-hydrogen) atoms. The summed E-state index contributed by atoms with van der Waals surface area (Å²) in [6.07, 6.45) is -0.876. The van der Waals surface area contributed by atoms with Crippen LogP contribution in [0.5, 0.6) is 0 Å². The molecule has 0 fully saturated rings. The van der Waals surface area contributed by atoms with E-state index >= 15 is 0 Å². The molecule has 0 unspecified atom stereocenters. The van der Waals surface area contributed by atoms with Crippen molar-refractivity contribution >= 4 is 11.9 Å². The number of carbonyl (C=O) groups excluding carboxylic acids is 2. The van der Waals surface area contributed by atoms with Crippen LogP contribution < -0.4 is 0 Å². The Bertz CT molecular complexity index is 916. The summed E-state index contributed by atoms with van der Waals surface area (Å²) in [5.74, 6) is -3.84. The second-order valence-electron chi connectivity index (χ2n) is 8.89. The van der Waals surface area contributed by atoms with Gasteiger partial charge in [-0.3, -0.25) is 9.59 Å². The van der Waals surface area contributed by atoms with Gasteiger partial charge in [0.15, 0.2) is 0 Å². The van der Waals surface area contributed by atoms with Gasteiger partial charge in [-0.15, -0.1) is 0 Å². The minimum absolute atomic E-state index is 0.122. The van der Waals surface area contributed by atoms with Crippen molar-refractivity contribution in [2.75, 3.05) is 0 Å². The highest BCUT2D eigenvalue weighted by Gasteiger charge is 2.30. The predicted octanol–water partition coefficient (Wildman–Crippen LogP) is 5.70. The molecule has 0 spiro atoms. The van der Waals surface area contributed by atoms with Gasteiger partial charge in [-0.25, -0.2) is 8.78 Å². The lowest BCUT2D eigenvalue weighted by molar-refractivity contribution is -0.163. The molecule has 0 saturated heterocycles. The summed E-state index contributed by atoms with van der Waals surface area (Å²) >= 11 is 0. The summed E-state index contributed by atoms with van der Waals surface area (Å²) in [5, 5.41) is 0. The zero-order valence-corrected chi connectivity index (χ0v) is 18.9. The van der Waals surface area contributed by atoms with Gasteiger partial charge in [0.05, 0.1) is 12.3 Å². The lowest BCUT2D eigenvalue weighted by Crippen LogP contribution is -2.30. The number of benzene rings is 2. The molecule has 0 aliphatic rings. The molecule has 0 radical (unpaired) electrons. The molecule has 2 rings (SSSR count). The monoisotopic (exact) mass is 432 g/mol. The second-order valence-corrected chi connectivity index (χ2v) is 8.89. The Morgan fingerprint density at radius 2 is 1.61 bits per heavy atom. The molecule has 4 nitrogen and oxygen atoms in total. The van der Waals surface area contributed by atoms with Crippen molar-refractivity contribution in [3.8, 4) is 0 Å². The van der Waals surface area contributed by atoms with Gasteiger partial charge in [0.1, 0.15) is 23.3 Å². The molecular weight excluding hydrogens is 402 g/mol. The molecule has 0 saturated carbocycles. The number of carbonyl (C=O) groups is 2. The highest BCUT2D eigenvalue weighted by atomic mass is 19.1. The van der Waals surface area contributed by atoms with E-state index in [-0.39, 0.29) is 12.0 Å². The van der Waals surface area contributed by atoms with Crippen LogP contribution in [0.2, 0.25) is 0 Å². The van der Waals surface area contributed by atoms with Crippen LogP contribution in [0.25, 0.3) is 0 Å². The van der Waals surface area contributed by atoms with Crippen LogP contribution in [-0.4, -0.2) is 23.6 Å². The van der Waals surface area contributed by atoms with Crippen molar-refractivity contribution in [3.63, 3.8) is 0 Å². The maximum absolute atomic E-state index is 14.6. The van der Waals surface area contributed by atoms with Crippen molar-refractivity contribution in [1.82, 2.24) is 0 Å². The molecule has 0 aliphatic carbocycles. The molecule has 0 amide bonds.